The summed E-state index contributed by atoms with van der Waals surface area (Å²) >= 11 is 3.49. The van der Waals surface area contributed by atoms with Crippen molar-refractivity contribution in [2.75, 3.05) is 13.2 Å². The van der Waals surface area contributed by atoms with Gasteiger partial charge in [0.25, 0.3) is 0 Å². The van der Waals surface area contributed by atoms with E-state index in [-0.39, 0.29) is 6.10 Å². The molecule has 4 rings (SSSR count). The lowest BCUT2D eigenvalue weighted by Gasteiger charge is -2.26. The maximum Gasteiger partial charge on any atom is 0.0952 e. The Balaban J connectivity index is 1.46. The molecule has 0 saturated heterocycles. The molecule has 1 aromatic heterocycles. The van der Waals surface area contributed by atoms with Gasteiger partial charge in [-0.2, -0.15) is 5.10 Å². The Morgan fingerprint density at radius 1 is 1.15 bits per heavy atom. The Hall–Kier alpha value is -1.95. The van der Waals surface area contributed by atoms with Gasteiger partial charge in [0.1, 0.15) is 0 Å². The quantitative estimate of drug-likeness (QED) is 0.646. The Morgan fingerprint density at radius 2 is 1.93 bits per heavy atom. The lowest BCUT2D eigenvalue weighted by Crippen LogP contribution is -2.27. The van der Waals surface area contributed by atoms with Gasteiger partial charge in [-0.3, -0.25) is 0 Å². The summed E-state index contributed by atoms with van der Waals surface area (Å²) in [5.41, 5.74) is 7.29. The Labute approximate surface area is 168 Å². The largest absolute Gasteiger partial charge is 0.372 e. The number of rotatable bonds is 5. The monoisotopic (exact) mass is 425 g/mol. The van der Waals surface area contributed by atoms with Crippen molar-refractivity contribution < 1.29 is 4.74 Å². The highest BCUT2D eigenvalue weighted by molar-refractivity contribution is 9.10. The van der Waals surface area contributed by atoms with Crippen LogP contribution in [-0.4, -0.2) is 22.9 Å². The first-order valence-electron chi connectivity index (χ1n) is 9.34. The lowest BCUT2D eigenvalue weighted by atomic mass is 9.97. The van der Waals surface area contributed by atoms with E-state index in [0.29, 0.717) is 0 Å². The molecule has 27 heavy (non-hydrogen) atoms. The minimum atomic E-state index is 0.122. The second kappa shape index (κ2) is 7.97. The molecular formula is C22H24BrN3O. The van der Waals surface area contributed by atoms with Crippen LogP contribution in [0.3, 0.4) is 0 Å². The van der Waals surface area contributed by atoms with Crippen molar-refractivity contribution >= 4 is 15.9 Å². The van der Waals surface area contributed by atoms with E-state index in [2.05, 4.69) is 71.5 Å². The maximum atomic E-state index is 6.00. The standard InChI is InChI=1S/C22H24BrN3O/c1-15-21(16(2)26(25-15)19-9-7-18(23)8-10-19)13-24-14-22-20-6-4-3-5-17(20)11-12-27-22/h3-10,22,24H,11-14H2,1-2H3. The van der Waals surface area contributed by atoms with Crippen LogP contribution in [0.15, 0.2) is 53.0 Å². The van der Waals surface area contributed by atoms with Crippen LogP contribution < -0.4 is 5.32 Å². The number of benzene rings is 2. The van der Waals surface area contributed by atoms with Crippen LogP contribution in [0.25, 0.3) is 5.69 Å². The SMILES string of the molecule is Cc1nn(-c2ccc(Br)cc2)c(C)c1CNCC1OCCc2ccccc21. The second-order valence-corrected chi connectivity index (χ2v) is 7.89. The lowest BCUT2D eigenvalue weighted by molar-refractivity contribution is 0.0423. The predicted molar refractivity (Wildman–Crippen MR) is 111 cm³/mol. The van der Waals surface area contributed by atoms with Crippen molar-refractivity contribution in [1.29, 1.82) is 0 Å². The number of aromatic nitrogens is 2. The van der Waals surface area contributed by atoms with Gasteiger partial charge in [-0.15, -0.1) is 0 Å². The molecule has 0 aliphatic carbocycles. The molecule has 0 amide bonds. The molecular weight excluding hydrogens is 402 g/mol. The summed E-state index contributed by atoms with van der Waals surface area (Å²) in [7, 11) is 0. The predicted octanol–water partition coefficient (Wildman–Crippen LogP) is 4.66. The molecule has 5 heteroatoms. The number of aryl methyl sites for hydroxylation is 1. The van der Waals surface area contributed by atoms with Crippen LogP contribution in [0.1, 0.15) is 34.2 Å². The summed E-state index contributed by atoms with van der Waals surface area (Å²) in [6.07, 6.45) is 1.13. The number of halogens is 1. The zero-order chi connectivity index (χ0) is 18.8. The van der Waals surface area contributed by atoms with Crippen LogP contribution in [-0.2, 0) is 17.7 Å². The van der Waals surface area contributed by atoms with Gasteiger partial charge in [0.05, 0.1) is 24.1 Å². The van der Waals surface area contributed by atoms with E-state index >= 15 is 0 Å². The third kappa shape index (κ3) is 3.86. The average molecular weight is 426 g/mol. The van der Waals surface area contributed by atoms with Gasteiger partial charge >= 0.3 is 0 Å². The molecule has 4 nitrogen and oxygen atoms in total. The smallest absolute Gasteiger partial charge is 0.0952 e. The van der Waals surface area contributed by atoms with Crippen molar-refractivity contribution in [3.05, 3.63) is 81.1 Å². The van der Waals surface area contributed by atoms with Crippen molar-refractivity contribution in [3.63, 3.8) is 0 Å². The minimum absolute atomic E-state index is 0.122. The third-order valence-electron chi connectivity index (χ3n) is 5.24. The van der Waals surface area contributed by atoms with Crippen LogP contribution in [0.5, 0.6) is 0 Å². The molecule has 2 aromatic carbocycles. The van der Waals surface area contributed by atoms with Gasteiger partial charge in [0.15, 0.2) is 0 Å². The highest BCUT2D eigenvalue weighted by atomic mass is 79.9. The van der Waals surface area contributed by atoms with Gasteiger partial charge in [-0.25, -0.2) is 4.68 Å². The molecule has 0 saturated carbocycles. The Morgan fingerprint density at radius 3 is 2.74 bits per heavy atom. The molecule has 140 valence electrons. The molecule has 1 N–H and O–H groups in total. The van der Waals surface area contributed by atoms with Crippen LogP contribution in [0.2, 0.25) is 0 Å². The zero-order valence-corrected chi connectivity index (χ0v) is 17.3. The summed E-state index contributed by atoms with van der Waals surface area (Å²) in [5.74, 6) is 0. The van der Waals surface area contributed by atoms with E-state index in [1.807, 2.05) is 16.8 Å². The highest BCUT2D eigenvalue weighted by Crippen LogP contribution is 2.26. The average Bonchev–Trinajstić information content (AvgIpc) is 2.97. The van der Waals surface area contributed by atoms with Gasteiger partial charge in [-0.1, -0.05) is 40.2 Å². The summed E-state index contributed by atoms with van der Waals surface area (Å²) in [5, 5.41) is 8.32. The fourth-order valence-corrected chi connectivity index (χ4v) is 4.00. The van der Waals surface area contributed by atoms with E-state index in [1.165, 1.54) is 22.4 Å². The molecule has 1 atom stereocenters. The molecule has 1 unspecified atom stereocenters. The van der Waals surface area contributed by atoms with Crippen molar-refractivity contribution in [3.8, 4) is 5.69 Å². The second-order valence-electron chi connectivity index (χ2n) is 6.98. The van der Waals surface area contributed by atoms with E-state index in [0.717, 1.165) is 42.0 Å². The number of hydrogen-bond acceptors (Lipinski definition) is 3. The third-order valence-corrected chi connectivity index (χ3v) is 5.76. The summed E-state index contributed by atoms with van der Waals surface area (Å²) < 4.78 is 9.09. The molecule has 0 fully saturated rings. The van der Waals surface area contributed by atoms with Gasteiger partial charge in [-0.05, 0) is 55.7 Å². The number of nitrogens with zero attached hydrogens (tertiary/aromatic N) is 2. The number of nitrogens with one attached hydrogen (secondary N) is 1. The van der Waals surface area contributed by atoms with E-state index in [9.17, 15) is 0 Å². The molecule has 0 radical (unpaired) electrons. The van der Waals surface area contributed by atoms with Crippen molar-refractivity contribution in [2.45, 2.75) is 32.9 Å². The van der Waals surface area contributed by atoms with Crippen LogP contribution >= 0.6 is 15.9 Å². The van der Waals surface area contributed by atoms with E-state index in [4.69, 9.17) is 9.84 Å². The molecule has 0 bridgehead atoms. The van der Waals surface area contributed by atoms with Gasteiger partial charge in [0.2, 0.25) is 0 Å². The van der Waals surface area contributed by atoms with Gasteiger partial charge < -0.3 is 10.1 Å². The van der Waals surface area contributed by atoms with Crippen molar-refractivity contribution in [1.82, 2.24) is 15.1 Å². The van der Waals surface area contributed by atoms with Gasteiger partial charge in [0, 0.05) is 28.8 Å². The Kier molecular flexibility index (Phi) is 5.43. The van der Waals surface area contributed by atoms with Crippen LogP contribution in [0, 0.1) is 13.8 Å². The molecule has 2 heterocycles. The zero-order valence-electron chi connectivity index (χ0n) is 15.7. The maximum absolute atomic E-state index is 6.00. The fourth-order valence-electron chi connectivity index (χ4n) is 3.74. The summed E-state index contributed by atoms with van der Waals surface area (Å²) in [6.45, 7) is 6.59. The normalized spacial score (nSPS) is 16.3. The first-order chi connectivity index (χ1) is 13.1. The first-order valence-corrected chi connectivity index (χ1v) is 10.1. The number of hydrogen-bond donors (Lipinski definition) is 1. The fraction of sp³-hybridized carbons (Fsp3) is 0.318. The topological polar surface area (TPSA) is 39.1 Å². The highest BCUT2D eigenvalue weighted by Gasteiger charge is 2.20. The molecule has 1 aliphatic rings. The number of fused-ring (bicyclic) bond motifs is 1. The van der Waals surface area contributed by atoms with E-state index < -0.39 is 0 Å². The molecule has 3 aromatic rings. The minimum Gasteiger partial charge on any atom is -0.372 e. The van der Waals surface area contributed by atoms with E-state index in [1.54, 1.807) is 0 Å². The molecule has 0 spiro atoms. The number of ether oxygens (including phenoxy) is 1. The van der Waals surface area contributed by atoms with Crippen LogP contribution in [0.4, 0.5) is 0 Å². The first kappa shape index (κ1) is 18.4. The summed E-state index contributed by atoms with van der Waals surface area (Å²) in [6, 6.07) is 16.8. The molecule has 1 aliphatic heterocycles. The summed E-state index contributed by atoms with van der Waals surface area (Å²) in [4.78, 5) is 0. The van der Waals surface area contributed by atoms with Crippen molar-refractivity contribution in [2.24, 2.45) is 0 Å². The Bertz CT molecular complexity index is 933.